The van der Waals surface area contributed by atoms with E-state index in [0.29, 0.717) is 12.1 Å². The van der Waals surface area contributed by atoms with Gasteiger partial charge in [0.1, 0.15) is 0 Å². The van der Waals surface area contributed by atoms with Crippen molar-refractivity contribution in [2.24, 2.45) is 5.92 Å². The van der Waals surface area contributed by atoms with Gasteiger partial charge in [-0.25, -0.2) is 0 Å². The normalized spacial score (nSPS) is 39.5. The molecule has 0 bridgehead atoms. The van der Waals surface area contributed by atoms with E-state index in [0.717, 1.165) is 18.6 Å². The highest BCUT2D eigenvalue weighted by Crippen LogP contribution is 2.34. The van der Waals surface area contributed by atoms with Crippen molar-refractivity contribution in [1.29, 1.82) is 0 Å². The van der Waals surface area contributed by atoms with Crippen LogP contribution in [-0.4, -0.2) is 24.8 Å². The van der Waals surface area contributed by atoms with Crippen LogP contribution in [0, 0.1) is 5.92 Å². The Kier molecular flexibility index (Phi) is 2.89. The molecule has 1 N–H and O–H groups in total. The van der Waals surface area contributed by atoms with Crippen molar-refractivity contribution in [1.82, 2.24) is 5.32 Å². The van der Waals surface area contributed by atoms with Gasteiger partial charge in [-0.05, 0) is 25.7 Å². The second-order valence-electron chi connectivity index (χ2n) is 4.72. The number of hydrogen-bond donors (Lipinski definition) is 1. The molecule has 1 aliphatic carbocycles. The van der Waals surface area contributed by atoms with Crippen LogP contribution in [-0.2, 0) is 4.74 Å². The Morgan fingerprint density at radius 2 is 2.08 bits per heavy atom. The van der Waals surface area contributed by atoms with Crippen molar-refractivity contribution >= 4 is 0 Å². The molecule has 1 saturated carbocycles. The first-order valence-electron chi connectivity index (χ1n) is 5.65. The molecule has 2 fully saturated rings. The zero-order valence-corrected chi connectivity index (χ0v) is 8.75. The lowest BCUT2D eigenvalue weighted by molar-refractivity contribution is 0.0518. The molecule has 2 aliphatic rings. The average molecular weight is 183 g/mol. The van der Waals surface area contributed by atoms with Gasteiger partial charge >= 0.3 is 0 Å². The predicted octanol–water partition coefficient (Wildman–Crippen LogP) is 1.94. The third kappa shape index (κ3) is 2.05. The first-order valence-corrected chi connectivity index (χ1v) is 5.65. The molecule has 3 atom stereocenters. The van der Waals surface area contributed by atoms with Crippen molar-refractivity contribution in [2.75, 3.05) is 6.61 Å². The topological polar surface area (TPSA) is 21.3 Å². The minimum absolute atomic E-state index is 0.574. The molecule has 2 nitrogen and oxygen atoms in total. The minimum Gasteiger partial charge on any atom is -0.378 e. The molecule has 0 amide bonds. The maximum absolute atomic E-state index is 5.73. The van der Waals surface area contributed by atoms with Crippen LogP contribution in [0.4, 0.5) is 0 Å². The largest absolute Gasteiger partial charge is 0.378 e. The summed E-state index contributed by atoms with van der Waals surface area (Å²) in [4.78, 5) is 0. The lowest BCUT2D eigenvalue weighted by Crippen LogP contribution is -2.45. The van der Waals surface area contributed by atoms with Crippen LogP contribution in [0.25, 0.3) is 0 Å². The van der Waals surface area contributed by atoms with Crippen LogP contribution in [0.2, 0.25) is 0 Å². The lowest BCUT2D eigenvalue weighted by Gasteiger charge is -2.34. The second kappa shape index (κ2) is 3.97. The number of fused-ring (bicyclic) bond motifs is 1. The molecule has 76 valence electrons. The summed E-state index contributed by atoms with van der Waals surface area (Å²) in [5.41, 5.74) is 0. The van der Waals surface area contributed by atoms with Crippen molar-refractivity contribution in [3.8, 4) is 0 Å². The summed E-state index contributed by atoms with van der Waals surface area (Å²) in [7, 11) is 0. The van der Waals surface area contributed by atoms with Crippen molar-refractivity contribution in [2.45, 2.75) is 57.7 Å². The molecule has 0 radical (unpaired) electrons. The van der Waals surface area contributed by atoms with Gasteiger partial charge in [0, 0.05) is 24.6 Å². The molecule has 3 unspecified atom stereocenters. The van der Waals surface area contributed by atoms with Crippen LogP contribution < -0.4 is 5.32 Å². The third-order valence-corrected chi connectivity index (χ3v) is 3.33. The summed E-state index contributed by atoms with van der Waals surface area (Å²) >= 11 is 0. The van der Waals surface area contributed by atoms with Crippen molar-refractivity contribution in [3.63, 3.8) is 0 Å². The van der Waals surface area contributed by atoms with Gasteiger partial charge in [0.15, 0.2) is 0 Å². The Balaban J connectivity index is 1.93. The summed E-state index contributed by atoms with van der Waals surface area (Å²) in [6.07, 6.45) is 5.83. The molecule has 2 rings (SSSR count). The Morgan fingerprint density at radius 3 is 2.85 bits per heavy atom. The summed E-state index contributed by atoms with van der Waals surface area (Å²) in [5, 5.41) is 3.67. The second-order valence-corrected chi connectivity index (χ2v) is 4.72. The fourth-order valence-electron chi connectivity index (χ4n) is 2.81. The molecule has 0 aromatic carbocycles. The molecule has 0 spiro atoms. The molecule has 1 aliphatic heterocycles. The average Bonchev–Trinajstić information content (AvgIpc) is 2.51. The van der Waals surface area contributed by atoms with E-state index < -0.39 is 0 Å². The highest BCUT2D eigenvalue weighted by atomic mass is 16.5. The molecular weight excluding hydrogens is 162 g/mol. The molecule has 0 aromatic rings. The Morgan fingerprint density at radius 1 is 1.23 bits per heavy atom. The summed E-state index contributed by atoms with van der Waals surface area (Å²) < 4.78 is 5.73. The van der Waals surface area contributed by atoms with Crippen LogP contribution in [0.5, 0.6) is 0 Å². The molecule has 1 saturated heterocycles. The highest BCUT2D eigenvalue weighted by molar-refractivity contribution is 4.91. The van der Waals surface area contributed by atoms with Gasteiger partial charge in [-0.3, -0.25) is 0 Å². The number of hydrogen-bond acceptors (Lipinski definition) is 2. The quantitative estimate of drug-likeness (QED) is 0.706. The van der Waals surface area contributed by atoms with Crippen molar-refractivity contribution < 1.29 is 4.74 Å². The number of nitrogens with one attached hydrogen (secondary N) is 1. The smallest absolute Gasteiger partial charge is 0.0619 e. The summed E-state index contributed by atoms with van der Waals surface area (Å²) in [6.45, 7) is 5.46. The SMILES string of the molecule is CC(C)NC1CCCC2OCCC12. The lowest BCUT2D eigenvalue weighted by atomic mass is 9.81. The van der Waals surface area contributed by atoms with E-state index in [1.165, 1.54) is 25.7 Å². The van der Waals surface area contributed by atoms with Gasteiger partial charge in [0.2, 0.25) is 0 Å². The van der Waals surface area contributed by atoms with E-state index in [2.05, 4.69) is 19.2 Å². The Labute approximate surface area is 81.0 Å². The van der Waals surface area contributed by atoms with Crippen LogP contribution >= 0.6 is 0 Å². The zero-order chi connectivity index (χ0) is 9.26. The highest BCUT2D eigenvalue weighted by Gasteiger charge is 2.37. The standard InChI is InChI=1S/C11H21NO/c1-8(2)12-10-4-3-5-11-9(10)6-7-13-11/h8-12H,3-7H2,1-2H3. The van der Waals surface area contributed by atoms with E-state index in [1.807, 2.05) is 0 Å². The van der Waals surface area contributed by atoms with Gasteiger partial charge in [-0.2, -0.15) is 0 Å². The van der Waals surface area contributed by atoms with Crippen LogP contribution in [0.3, 0.4) is 0 Å². The first kappa shape index (κ1) is 9.47. The number of rotatable bonds is 2. The van der Waals surface area contributed by atoms with E-state index in [1.54, 1.807) is 0 Å². The van der Waals surface area contributed by atoms with Gasteiger partial charge in [-0.1, -0.05) is 13.8 Å². The molecule has 1 heterocycles. The number of ether oxygens (including phenoxy) is 1. The van der Waals surface area contributed by atoms with E-state index in [4.69, 9.17) is 4.74 Å². The van der Waals surface area contributed by atoms with Crippen LogP contribution in [0.15, 0.2) is 0 Å². The predicted molar refractivity (Wildman–Crippen MR) is 53.8 cm³/mol. The maximum Gasteiger partial charge on any atom is 0.0619 e. The fraction of sp³-hybridized carbons (Fsp3) is 1.00. The molecule has 2 heteroatoms. The zero-order valence-electron chi connectivity index (χ0n) is 8.75. The van der Waals surface area contributed by atoms with Crippen LogP contribution in [0.1, 0.15) is 39.5 Å². The van der Waals surface area contributed by atoms with E-state index in [-0.39, 0.29) is 0 Å². The van der Waals surface area contributed by atoms with Gasteiger partial charge in [-0.15, -0.1) is 0 Å². The van der Waals surface area contributed by atoms with Gasteiger partial charge < -0.3 is 10.1 Å². The first-order chi connectivity index (χ1) is 6.27. The van der Waals surface area contributed by atoms with E-state index in [9.17, 15) is 0 Å². The summed E-state index contributed by atoms with van der Waals surface area (Å²) in [6, 6.07) is 1.34. The third-order valence-electron chi connectivity index (χ3n) is 3.33. The Hall–Kier alpha value is -0.0800. The molecular formula is C11H21NO. The van der Waals surface area contributed by atoms with Crippen molar-refractivity contribution in [3.05, 3.63) is 0 Å². The van der Waals surface area contributed by atoms with Gasteiger partial charge in [0.05, 0.1) is 6.10 Å². The maximum atomic E-state index is 5.73. The Bertz CT molecular complexity index is 169. The monoisotopic (exact) mass is 183 g/mol. The van der Waals surface area contributed by atoms with Gasteiger partial charge in [0.25, 0.3) is 0 Å². The minimum atomic E-state index is 0.574. The fourth-order valence-corrected chi connectivity index (χ4v) is 2.81. The van der Waals surface area contributed by atoms with E-state index >= 15 is 0 Å². The summed E-state index contributed by atoms with van der Waals surface area (Å²) in [5.74, 6) is 0.802. The molecule has 0 aromatic heterocycles. The molecule has 13 heavy (non-hydrogen) atoms.